The van der Waals surface area contributed by atoms with E-state index in [1.54, 1.807) is 29.6 Å². The lowest BCUT2D eigenvalue weighted by molar-refractivity contribution is -0.118. The number of hydrogen-bond acceptors (Lipinski definition) is 5. The van der Waals surface area contributed by atoms with Gasteiger partial charge in [0.1, 0.15) is 0 Å². The van der Waals surface area contributed by atoms with Crippen molar-refractivity contribution in [3.05, 3.63) is 45.7 Å². The van der Waals surface area contributed by atoms with E-state index in [4.69, 9.17) is 0 Å². The van der Waals surface area contributed by atoms with Crippen molar-refractivity contribution in [3.63, 3.8) is 0 Å². The lowest BCUT2D eigenvalue weighted by atomic mass is 10.1. The third-order valence-electron chi connectivity index (χ3n) is 3.19. The van der Waals surface area contributed by atoms with Gasteiger partial charge in [0.25, 0.3) is 0 Å². The van der Waals surface area contributed by atoms with Crippen molar-refractivity contribution in [2.75, 3.05) is 30.5 Å². The molecule has 22 heavy (non-hydrogen) atoms. The standard InChI is InChI=1S/C17H19NO2S2/c1-12(19)16(17-21-10-11-22-17)15(20)9-6-13-4-7-14(8-5-13)18(2)3/h4-9H,10-11H2,1-3H3/b9-6+. The summed E-state index contributed by atoms with van der Waals surface area (Å²) in [5, 5.41) is 0. The van der Waals surface area contributed by atoms with Crippen LogP contribution in [0.5, 0.6) is 0 Å². The monoisotopic (exact) mass is 333 g/mol. The van der Waals surface area contributed by atoms with E-state index in [-0.39, 0.29) is 11.6 Å². The smallest absolute Gasteiger partial charge is 0.191 e. The molecule has 1 aromatic rings. The highest BCUT2D eigenvalue weighted by molar-refractivity contribution is 8.25. The van der Waals surface area contributed by atoms with E-state index in [1.165, 1.54) is 13.0 Å². The number of benzene rings is 1. The van der Waals surface area contributed by atoms with Crippen LogP contribution in [0.4, 0.5) is 5.69 Å². The number of carbonyl (C=O) groups excluding carboxylic acids is 2. The van der Waals surface area contributed by atoms with Gasteiger partial charge in [-0.15, -0.1) is 23.5 Å². The Kier molecular flexibility index (Phi) is 5.91. The van der Waals surface area contributed by atoms with Crippen molar-refractivity contribution in [2.45, 2.75) is 6.92 Å². The Morgan fingerprint density at radius 3 is 2.18 bits per heavy atom. The molecule has 1 aliphatic heterocycles. The normalized spacial score (nSPS) is 14.4. The maximum atomic E-state index is 12.3. The summed E-state index contributed by atoms with van der Waals surface area (Å²) in [6.07, 6.45) is 3.25. The van der Waals surface area contributed by atoms with E-state index < -0.39 is 0 Å². The van der Waals surface area contributed by atoms with Crippen molar-refractivity contribution in [1.82, 2.24) is 0 Å². The fraction of sp³-hybridized carbons (Fsp3) is 0.294. The van der Waals surface area contributed by atoms with Crippen LogP contribution in [0.15, 0.2) is 40.2 Å². The number of hydrogen-bond donors (Lipinski definition) is 0. The van der Waals surface area contributed by atoms with E-state index in [0.29, 0.717) is 5.57 Å². The second-order valence-corrected chi connectivity index (χ2v) is 7.57. The van der Waals surface area contributed by atoms with Gasteiger partial charge >= 0.3 is 0 Å². The van der Waals surface area contributed by atoms with Crippen LogP contribution in [0.1, 0.15) is 12.5 Å². The molecule has 0 saturated carbocycles. The second-order valence-electron chi connectivity index (χ2n) is 5.10. The highest BCUT2D eigenvalue weighted by Crippen LogP contribution is 2.39. The summed E-state index contributed by atoms with van der Waals surface area (Å²) in [4.78, 5) is 26.1. The van der Waals surface area contributed by atoms with Crippen molar-refractivity contribution >= 4 is 46.9 Å². The highest BCUT2D eigenvalue weighted by atomic mass is 32.2. The van der Waals surface area contributed by atoms with Gasteiger partial charge < -0.3 is 4.90 Å². The first kappa shape index (κ1) is 16.9. The molecule has 1 heterocycles. The Bertz CT molecular complexity index is 623. The fourth-order valence-electron chi connectivity index (χ4n) is 2.01. The third-order valence-corrected chi connectivity index (χ3v) is 5.90. The molecule has 1 aromatic carbocycles. The minimum Gasteiger partial charge on any atom is -0.378 e. The number of thioether (sulfide) groups is 2. The van der Waals surface area contributed by atoms with Crippen LogP contribution in [0, 0.1) is 0 Å². The highest BCUT2D eigenvalue weighted by Gasteiger charge is 2.21. The Balaban J connectivity index is 2.16. The molecule has 3 nitrogen and oxygen atoms in total. The molecule has 2 rings (SSSR count). The quantitative estimate of drug-likeness (QED) is 0.467. The molecule has 0 bridgehead atoms. The van der Waals surface area contributed by atoms with Gasteiger partial charge in [-0.2, -0.15) is 0 Å². The van der Waals surface area contributed by atoms with Gasteiger partial charge in [-0.1, -0.05) is 18.2 Å². The summed E-state index contributed by atoms with van der Waals surface area (Å²) in [6, 6.07) is 7.91. The third kappa shape index (κ3) is 4.27. The van der Waals surface area contributed by atoms with Crippen LogP contribution < -0.4 is 4.90 Å². The summed E-state index contributed by atoms with van der Waals surface area (Å²) in [5.74, 6) is 1.55. The van der Waals surface area contributed by atoms with E-state index in [0.717, 1.165) is 27.0 Å². The first-order valence-electron chi connectivity index (χ1n) is 6.99. The zero-order valence-corrected chi connectivity index (χ0v) is 14.6. The number of Topliss-reactive ketones (excluding diaryl/α,β-unsaturated/α-hetero) is 1. The molecule has 0 N–H and O–H groups in total. The lowest BCUT2D eigenvalue weighted by Gasteiger charge is -2.11. The average Bonchev–Trinajstić information content (AvgIpc) is 2.99. The van der Waals surface area contributed by atoms with Crippen molar-refractivity contribution in [1.29, 1.82) is 0 Å². The predicted molar refractivity (Wildman–Crippen MR) is 97.4 cm³/mol. The summed E-state index contributed by atoms with van der Waals surface area (Å²) in [5.41, 5.74) is 2.38. The van der Waals surface area contributed by atoms with Gasteiger partial charge in [0, 0.05) is 31.3 Å². The average molecular weight is 333 g/mol. The molecule has 1 aliphatic rings. The van der Waals surface area contributed by atoms with Crippen molar-refractivity contribution < 1.29 is 9.59 Å². The van der Waals surface area contributed by atoms with Gasteiger partial charge in [0.15, 0.2) is 11.6 Å². The Morgan fingerprint density at radius 1 is 1.09 bits per heavy atom. The SMILES string of the molecule is CC(=O)C(C(=O)/C=C/c1ccc(N(C)C)cc1)=C1SCCS1. The zero-order valence-electron chi connectivity index (χ0n) is 13.0. The van der Waals surface area contributed by atoms with Gasteiger partial charge in [0.2, 0.25) is 0 Å². The number of allylic oxidation sites excluding steroid dienone is 2. The molecule has 5 heteroatoms. The largest absolute Gasteiger partial charge is 0.378 e. The van der Waals surface area contributed by atoms with Crippen LogP contribution in [0.2, 0.25) is 0 Å². The molecule has 0 radical (unpaired) electrons. The summed E-state index contributed by atoms with van der Waals surface area (Å²) < 4.78 is 0.866. The Morgan fingerprint density at radius 2 is 1.68 bits per heavy atom. The molecule has 0 aromatic heterocycles. The van der Waals surface area contributed by atoms with E-state index >= 15 is 0 Å². The van der Waals surface area contributed by atoms with E-state index in [1.807, 2.05) is 43.3 Å². The van der Waals surface area contributed by atoms with Crippen molar-refractivity contribution in [3.8, 4) is 0 Å². The number of nitrogens with zero attached hydrogens (tertiary/aromatic N) is 1. The fourth-order valence-corrected chi connectivity index (χ4v) is 4.66. The van der Waals surface area contributed by atoms with E-state index in [2.05, 4.69) is 0 Å². The van der Waals surface area contributed by atoms with Crippen LogP contribution in [-0.4, -0.2) is 37.2 Å². The van der Waals surface area contributed by atoms with Gasteiger partial charge in [-0.25, -0.2) is 0 Å². The molecule has 1 fully saturated rings. The lowest BCUT2D eigenvalue weighted by Crippen LogP contribution is -2.09. The number of anilines is 1. The first-order chi connectivity index (χ1) is 10.5. The molecule has 0 spiro atoms. The van der Waals surface area contributed by atoms with Crippen molar-refractivity contribution in [2.24, 2.45) is 0 Å². The van der Waals surface area contributed by atoms with Crippen LogP contribution in [0.25, 0.3) is 6.08 Å². The first-order valence-corrected chi connectivity index (χ1v) is 8.97. The maximum Gasteiger partial charge on any atom is 0.191 e. The topological polar surface area (TPSA) is 37.4 Å². The Hall–Kier alpha value is -1.46. The van der Waals surface area contributed by atoms with Crippen LogP contribution in [0.3, 0.4) is 0 Å². The summed E-state index contributed by atoms with van der Waals surface area (Å²) >= 11 is 3.19. The molecular formula is C17H19NO2S2. The van der Waals surface area contributed by atoms with Gasteiger partial charge in [0.05, 0.1) is 9.81 Å². The molecule has 0 atom stereocenters. The number of carbonyl (C=O) groups is 2. The van der Waals surface area contributed by atoms with Crippen LogP contribution in [-0.2, 0) is 9.59 Å². The molecule has 0 amide bonds. The molecule has 0 aliphatic carbocycles. The predicted octanol–water partition coefficient (Wildman–Crippen LogP) is 3.62. The molecular weight excluding hydrogens is 314 g/mol. The van der Waals surface area contributed by atoms with E-state index in [9.17, 15) is 9.59 Å². The number of ketones is 2. The maximum absolute atomic E-state index is 12.3. The number of rotatable bonds is 5. The van der Waals surface area contributed by atoms with Gasteiger partial charge in [-0.05, 0) is 30.7 Å². The van der Waals surface area contributed by atoms with Gasteiger partial charge in [-0.3, -0.25) is 9.59 Å². The summed E-state index contributed by atoms with van der Waals surface area (Å²) in [6.45, 7) is 1.46. The molecule has 116 valence electrons. The second kappa shape index (κ2) is 7.70. The zero-order chi connectivity index (χ0) is 16.1. The minimum absolute atomic E-state index is 0.158. The summed E-state index contributed by atoms with van der Waals surface area (Å²) in [7, 11) is 3.97. The molecule has 0 unspecified atom stereocenters. The van der Waals surface area contributed by atoms with Crippen LogP contribution >= 0.6 is 23.5 Å². The Labute approximate surface area is 139 Å². The minimum atomic E-state index is -0.207. The molecule has 1 saturated heterocycles.